The number of alkyl halides is 2. The van der Waals surface area contributed by atoms with Crippen LogP contribution in [0.1, 0.15) is 56.1 Å². The van der Waals surface area contributed by atoms with E-state index in [4.69, 9.17) is 9.84 Å². The Morgan fingerprint density at radius 3 is 2.14 bits per heavy atom. The van der Waals surface area contributed by atoms with E-state index in [9.17, 15) is 23.2 Å². The molecule has 3 rings (SSSR count). The highest BCUT2D eigenvalue weighted by Gasteiger charge is 2.30. The standard InChI is InChI=1S/C26H30F2N2O5/c1-2-3-8-16(13-24(31)30-22(25(32)33)14-23(27)28)29-26(34)35-15-21-19-11-6-4-9-17(19)18-10-5-7-12-20(18)21/h4-7,9-12,16,21-23H,2-3,8,13-15H2,1H3,(H,29,34)(H,30,31)(H,32,33)/t16-,22?/m1/s1. The summed E-state index contributed by atoms with van der Waals surface area (Å²) in [7, 11) is 0. The summed E-state index contributed by atoms with van der Waals surface area (Å²) in [6.07, 6.45) is -2.80. The molecule has 0 saturated heterocycles. The molecule has 1 unspecified atom stereocenters. The molecule has 2 aromatic rings. The third-order valence-electron chi connectivity index (χ3n) is 6.05. The maximum Gasteiger partial charge on any atom is 0.407 e. The minimum atomic E-state index is -2.87. The van der Waals surface area contributed by atoms with Crippen molar-refractivity contribution in [3.8, 4) is 11.1 Å². The van der Waals surface area contributed by atoms with E-state index in [2.05, 4.69) is 10.6 Å². The Balaban J connectivity index is 1.60. The first-order chi connectivity index (χ1) is 16.8. The topological polar surface area (TPSA) is 105 Å². The number of rotatable bonds is 12. The Bertz CT molecular complexity index is 1000. The number of aliphatic carboxylic acids is 1. The number of hydrogen-bond donors (Lipinski definition) is 3. The van der Waals surface area contributed by atoms with Crippen molar-refractivity contribution in [3.05, 3.63) is 59.7 Å². The van der Waals surface area contributed by atoms with Crippen LogP contribution in [0.15, 0.2) is 48.5 Å². The van der Waals surface area contributed by atoms with Crippen LogP contribution >= 0.6 is 0 Å². The van der Waals surface area contributed by atoms with Gasteiger partial charge in [0.1, 0.15) is 12.6 Å². The maximum atomic E-state index is 12.6. The molecule has 35 heavy (non-hydrogen) atoms. The van der Waals surface area contributed by atoms with Crippen LogP contribution in [-0.4, -0.2) is 48.2 Å². The Labute approximate surface area is 202 Å². The van der Waals surface area contributed by atoms with Crippen LogP contribution in [0, 0.1) is 0 Å². The van der Waals surface area contributed by atoms with Crippen LogP contribution in [-0.2, 0) is 14.3 Å². The molecule has 0 spiro atoms. The number of fused-ring (bicyclic) bond motifs is 3. The Morgan fingerprint density at radius 1 is 1.00 bits per heavy atom. The molecule has 7 nitrogen and oxygen atoms in total. The largest absolute Gasteiger partial charge is 0.480 e. The number of carboxylic acid groups (broad SMARTS) is 1. The lowest BCUT2D eigenvalue weighted by Gasteiger charge is -2.21. The monoisotopic (exact) mass is 488 g/mol. The van der Waals surface area contributed by atoms with E-state index in [1.165, 1.54) is 0 Å². The van der Waals surface area contributed by atoms with Gasteiger partial charge in [0, 0.05) is 24.8 Å². The number of unbranched alkanes of at least 4 members (excludes halogenated alkanes) is 1. The summed E-state index contributed by atoms with van der Waals surface area (Å²) in [6.45, 7) is 2.07. The number of carboxylic acids is 1. The summed E-state index contributed by atoms with van der Waals surface area (Å²) in [5.41, 5.74) is 4.35. The van der Waals surface area contributed by atoms with E-state index < -0.39 is 42.9 Å². The number of amides is 2. The van der Waals surface area contributed by atoms with Gasteiger partial charge in [0.2, 0.25) is 12.3 Å². The molecule has 9 heteroatoms. The molecule has 3 N–H and O–H groups in total. The lowest BCUT2D eigenvalue weighted by atomic mass is 9.98. The van der Waals surface area contributed by atoms with E-state index in [-0.39, 0.29) is 18.9 Å². The fourth-order valence-corrected chi connectivity index (χ4v) is 4.36. The predicted octanol–water partition coefficient (Wildman–Crippen LogP) is 4.70. The van der Waals surface area contributed by atoms with Gasteiger partial charge in [-0.1, -0.05) is 68.3 Å². The molecule has 0 radical (unpaired) electrons. The lowest BCUT2D eigenvalue weighted by molar-refractivity contribution is -0.143. The van der Waals surface area contributed by atoms with E-state index in [1.807, 2.05) is 55.5 Å². The van der Waals surface area contributed by atoms with Gasteiger partial charge in [-0.2, -0.15) is 0 Å². The number of halogens is 2. The molecular weight excluding hydrogens is 458 g/mol. The quantitative estimate of drug-likeness (QED) is 0.402. The minimum Gasteiger partial charge on any atom is -0.480 e. The highest BCUT2D eigenvalue weighted by atomic mass is 19.3. The number of carbonyl (C=O) groups excluding carboxylic acids is 2. The average Bonchev–Trinajstić information content (AvgIpc) is 3.14. The molecule has 0 aliphatic heterocycles. The third-order valence-corrected chi connectivity index (χ3v) is 6.05. The molecule has 2 atom stereocenters. The molecule has 188 valence electrons. The smallest absolute Gasteiger partial charge is 0.407 e. The molecular formula is C26H30F2N2O5. The third kappa shape index (κ3) is 7.00. The second-order valence-electron chi connectivity index (χ2n) is 8.60. The molecule has 2 aromatic carbocycles. The van der Waals surface area contributed by atoms with E-state index in [0.29, 0.717) is 12.8 Å². The fraction of sp³-hybridized carbons (Fsp3) is 0.423. The number of benzene rings is 2. The Morgan fingerprint density at radius 2 is 1.60 bits per heavy atom. The van der Waals surface area contributed by atoms with Crippen molar-refractivity contribution in [2.45, 2.75) is 63.5 Å². The highest BCUT2D eigenvalue weighted by molar-refractivity contribution is 5.84. The fourth-order valence-electron chi connectivity index (χ4n) is 4.36. The van der Waals surface area contributed by atoms with Gasteiger partial charge in [-0.25, -0.2) is 18.4 Å². The van der Waals surface area contributed by atoms with Crippen molar-refractivity contribution in [3.63, 3.8) is 0 Å². The van der Waals surface area contributed by atoms with Crippen LogP contribution in [0.3, 0.4) is 0 Å². The van der Waals surface area contributed by atoms with Crippen LogP contribution < -0.4 is 10.6 Å². The number of carbonyl (C=O) groups is 3. The van der Waals surface area contributed by atoms with Crippen molar-refractivity contribution < 1.29 is 33.0 Å². The van der Waals surface area contributed by atoms with Gasteiger partial charge in [-0.05, 0) is 28.7 Å². The Hall–Kier alpha value is -3.49. The van der Waals surface area contributed by atoms with E-state index in [0.717, 1.165) is 28.7 Å². The summed E-state index contributed by atoms with van der Waals surface area (Å²) in [4.78, 5) is 36.1. The molecule has 0 fully saturated rings. The van der Waals surface area contributed by atoms with Gasteiger partial charge in [-0.3, -0.25) is 4.79 Å². The summed E-state index contributed by atoms with van der Waals surface area (Å²) >= 11 is 0. The van der Waals surface area contributed by atoms with Crippen LogP contribution in [0.25, 0.3) is 11.1 Å². The zero-order chi connectivity index (χ0) is 25.4. The number of alkyl carbamates (subject to hydrolysis) is 1. The zero-order valence-electron chi connectivity index (χ0n) is 19.5. The van der Waals surface area contributed by atoms with Crippen molar-refractivity contribution in [2.75, 3.05) is 6.61 Å². The van der Waals surface area contributed by atoms with Gasteiger partial charge in [0.05, 0.1) is 0 Å². The second-order valence-corrected chi connectivity index (χ2v) is 8.60. The van der Waals surface area contributed by atoms with Crippen molar-refractivity contribution in [1.29, 1.82) is 0 Å². The van der Waals surface area contributed by atoms with Crippen molar-refractivity contribution >= 4 is 18.0 Å². The van der Waals surface area contributed by atoms with Crippen molar-refractivity contribution in [1.82, 2.24) is 10.6 Å². The van der Waals surface area contributed by atoms with E-state index in [1.54, 1.807) is 0 Å². The summed E-state index contributed by atoms with van der Waals surface area (Å²) in [5, 5.41) is 13.9. The predicted molar refractivity (Wildman–Crippen MR) is 126 cm³/mol. The van der Waals surface area contributed by atoms with Gasteiger partial charge in [-0.15, -0.1) is 0 Å². The van der Waals surface area contributed by atoms with Crippen molar-refractivity contribution in [2.24, 2.45) is 0 Å². The van der Waals surface area contributed by atoms with Crippen LogP contribution in [0.5, 0.6) is 0 Å². The van der Waals surface area contributed by atoms with Gasteiger partial charge in [0.15, 0.2) is 0 Å². The maximum absolute atomic E-state index is 12.6. The first kappa shape index (κ1) is 26.1. The number of ether oxygens (including phenoxy) is 1. The van der Waals surface area contributed by atoms with E-state index >= 15 is 0 Å². The molecule has 1 aliphatic rings. The summed E-state index contributed by atoms with van der Waals surface area (Å²) < 4.78 is 30.7. The normalized spacial score (nSPS) is 14.1. The average molecular weight is 489 g/mol. The molecule has 0 bridgehead atoms. The SMILES string of the molecule is CCCC[C@H](CC(=O)NC(CC(F)F)C(=O)O)NC(=O)OCC1c2ccccc2-c2ccccc21. The first-order valence-electron chi connectivity index (χ1n) is 11.7. The molecule has 0 aromatic heterocycles. The van der Waals surface area contributed by atoms with Gasteiger partial charge < -0.3 is 20.5 Å². The van der Waals surface area contributed by atoms with Gasteiger partial charge in [0.25, 0.3) is 0 Å². The minimum absolute atomic E-state index is 0.113. The lowest BCUT2D eigenvalue weighted by Crippen LogP contribution is -2.45. The number of hydrogen-bond acceptors (Lipinski definition) is 4. The Kier molecular flexibility index (Phi) is 9.17. The molecule has 0 saturated carbocycles. The highest BCUT2D eigenvalue weighted by Crippen LogP contribution is 2.44. The molecule has 2 amide bonds. The van der Waals surface area contributed by atoms with Crippen LogP contribution in [0.4, 0.5) is 13.6 Å². The second kappa shape index (κ2) is 12.3. The van der Waals surface area contributed by atoms with Crippen LogP contribution in [0.2, 0.25) is 0 Å². The summed E-state index contributed by atoms with van der Waals surface area (Å²) in [5.74, 6) is -2.37. The molecule has 1 aliphatic carbocycles. The first-order valence-corrected chi connectivity index (χ1v) is 11.7. The number of nitrogens with one attached hydrogen (secondary N) is 2. The summed E-state index contributed by atoms with van der Waals surface area (Å²) in [6, 6.07) is 13.6. The van der Waals surface area contributed by atoms with Gasteiger partial charge >= 0.3 is 12.1 Å². The zero-order valence-corrected chi connectivity index (χ0v) is 19.5. The molecule has 0 heterocycles.